The largest absolute Gasteiger partial charge is 0.465 e. The second-order valence-electron chi connectivity index (χ2n) is 5.46. The summed E-state index contributed by atoms with van der Waals surface area (Å²) in [5.41, 5.74) is 1.08. The third-order valence-electron chi connectivity index (χ3n) is 3.75. The van der Waals surface area contributed by atoms with E-state index in [0.717, 1.165) is 30.8 Å². The molecular weight excluding hydrogens is 248 g/mol. The molecule has 1 aromatic rings. The van der Waals surface area contributed by atoms with Gasteiger partial charge in [0.05, 0.1) is 6.61 Å². The van der Waals surface area contributed by atoms with E-state index >= 15 is 0 Å². The Bertz CT molecular complexity index is 388. The Morgan fingerprint density at radius 1 is 1.05 bits per heavy atom. The molecule has 0 amide bonds. The van der Waals surface area contributed by atoms with E-state index in [1.807, 2.05) is 30.3 Å². The highest BCUT2D eigenvalue weighted by Gasteiger charge is 2.11. The quantitative estimate of drug-likeness (QED) is 0.755. The lowest BCUT2D eigenvalue weighted by Crippen LogP contribution is -2.21. The van der Waals surface area contributed by atoms with Crippen molar-refractivity contribution in [2.75, 3.05) is 6.61 Å². The van der Waals surface area contributed by atoms with Crippen LogP contribution >= 0.6 is 0 Å². The van der Waals surface area contributed by atoms with Crippen LogP contribution in [0, 0.1) is 0 Å². The van der Waals surface area contributed by atoms with Gasteiger partial charge in [0.15, 0.2) is 6.29 Å². The van der Waals surface area contributed by atoms with Crippen LogP contribution in [0.25, 0.3) is 6.08 Å². The average Bonchev–Trinajstić information content (AvgIpc) is 2.54. The predicted molar refractivity (Wildman–Crippen MR) is 83.8 cm³/mol. The molecule has 1 aliphatic heterocycles. The minimum Gasteiger partial charge on any atom is -0.465 e. The molecule has 2 rings (SSSR count). The molecule has 0 aromatic heterocycles. The molecule has 1 unspecified atom stereocenters. The number of benzene rings is 1. The molecule has 0 radical (unpaired) electrons. The van der Waals surface area contributed by atoms with Crippen molar-refractivity contribution in [3.63, 3.8) is 0 Å². The molecule has 2 nitrogen and oxygen atoms in total. The number of hydrogen-bond donors (Lipinski definition) is 0. The van der Waals surface area contributed by atoms with Crippen molar-refractivity contribution < 1.29 is 9.47 Å². The Morgan fingerprint density at radius 3 is 2.60 bits per heavy atom. The summed E-state index contributed by atoms with van der Waals surface area (Å²) in [5.74, 6) is 0.877. The van der Waals surface area contributed by atoms with Crippen molar-refractivity contribution in [2.45, 2.75) is 57.7 Å². The highest BCUT2D eigenvalue weighted by molar-refractivity contribution is 5.49. The predicted octanol–water partition coefficient (Wildman–Crippen LogP) is 5.19. The van der Waals surface area contributed by atoms with Gasteiger partial charge in [-0.05, 0) is 30.5 Å². The first-order chi connectivity index (χ1) is 9.88. The van der Waals surface area contributed by atoms with Crippen LogP contribution in [-0.4, -0.2) is 12.9 Å². The average molecular weight is 274 g/mol. The number of rotatable bonds is 3. The van der Waals surface area contributed by atoms with Crippen molar-refractivity contribution in [1.82, 2.24) is 0 Å². The standard InChI is InChI=1S/C18H26O2/c1-2-16-11-10-12-17(15-16)20-18-13-8-6-4-3-5-7-9-14-19-18/h2,10-12,15,18H,1,3-9,13-14H2. The maximum absolute atomic E-state index is 6.00. The molecule has 110 valence electrons. The van der Waals surface area contributed by atoms with Crippen LogP contribution in [0.5, 0.6) is 5.75 Å². The van der Waals surface area contributed by atoms with Crippen LogP contribution in [-0.2, 0) is 4.74 Å². The van der Waals surface area contributed by atoms with Gasteiger partial charge < -0.3 is 9.47 Å². The van der Waals surface area contributed by atoms with Gasteiger partial charge in [0.1, 0.15) is 5.75 Å². The van der Waals surface area contributed by atoms with E-state index in [0.29, 0.717) is 0 Å². The van der Waals surface area contributed by atoms with E-state index in [4.69, 9.17) is 9.47 Å². The van der Waals surface area contributed by atoms with Gasteiger partial charge in [0, 0.05) is 6.42 Å². The lowest BCUT2D eigenvalue weighted by atomic mass is 10.1. The fraction of sp³-hybridized carbons (Fsp3) is 0.556. The highest BCUT2D eigenvalue weighted by Crippen LogP contribution is 2.20. The summed E-state index contributed by atoms with van der Waals surface area (Å²) >= 11 is 0. The second kappa shape index (κ2) is 8.80. The van der Waals surface area contributed by atoms with Crippen molar-refractivity contribution in [2.24, 2.45) is 0 Å². The van der Waals surface area contributed by atoms with Crippen molar-refractivity contribution in [1.29, 1.82) is 0 Å². The van der Waals surface area contributed by atoms with Gasteiger partial charge in [-0.3, -0.25) is 0 Å². The lowest BCUT2D eigenvalue weighted by Gasteiger charge is -2.19. The van der Waals surface area contributed by atoms with E-state index in [1.165, 1.54) is 38.5 Å². The van der Waals surface area contributed by atoms with Gasteiger partial charge in [0.25, 0.3) is 0 Å². The van der Waals surface area contributed by atoms with Crippen LogP contribution in [0.1, 0.15) is 56.9 Å². The van der Waals surface area contributed by atoms with Gasteiger partial charge in [0.2, 0.25) is 0 Å². The molecule has 2 heteroatoms. The van der Waals surface area contributed by atoms with Crippen molar-refractivity contribution in [3.05, 3.63) is 36.4 Å². The van der Waals surface area contributed by atoms with Gasteiger partial charge >= 0.3 is 0 Å². The highest BCUT2D eigenvalue weighted by atomic mass is 16.7. The number of hydrogen-bond acceptors (Lipinski definition) is 2. The van der Waals surface area contributed by atoms with Crippen LogP contribution < -0.4 is 4.74 Å². The Balaban J connectivity index is 1.91. The van der Waals surface area contributed by atoms with Crippen molar-refractivity contribution in [3.8, 4) is 5.75 Å². The fourth-order valence-electron chi connectivity index (χ4n) is 2.55. The summed E-state index contributed by atoms with van der Waals surface area (Å²) in [5, 5.41) is 0. The Hall–Kier alpha value is -1.28. The minimum atomic E-state index is -0.104. The summed E-state index contributed by atoms with van der Waals surface area (Å²) < 4.78 is 11.9. The zero-order chi connectivity index (χ0) is 14.0. The maximum atomic E-state index is 6.00. The molecular formula is C18H26O2. The SMILES string of the molecule is C=Cc1cccc(OC2CCCCCCCCCO2)c1. The van der Waals surface area contributed by atoms with Gasteiger partial charge in [-0.15, -0.1) is 0 Å². The summed E-state index contributed by atoms with van der Waals surface area (Å²) in [6, 6.07) is 8.03. The summed E-state index contributed by atoms with van der Waals surface area (Å²) in [4.78, 5) is 0. The van der Waals surface area contributed by atoms with E-state index < -0.39 is 0 Å². The fourth-order valence-corrected chi connectivity index (χ4v) is 2.55. The van der Waals surface area contributed by atoms with Crippen LogP contribution in [0.4, 0.5) is 0 Å². The molecule has 1 atom stereocenters. The molecule has 1 aliphatic rings. The van der Waals surface area contributed by atoms with Crippen LogP contribution in [0.3, 0.4) is 0 Å². The molecule has 0 N–H and O–H groups in total. The Morgan fingerprint density at radius 2 is 1.80 bits per heavy atom. The van der Waals surface area contributed by atoms with E-state index in [-0.39, 0.29) is 6.29 Å². The normalized spacial score (nSPS) is 21.7. The first kappa shape index (κ1) is 15.1. The molecule has 1 heterocycles. The van der Waals surface area contributed by atoms with Gasteiger partial charge in [-0.2, -0.15) is 0 Å². The molecule has 0 spiro atoms. The lowest BCUT2D eigenvalue weighted by molar-refractivity contribution is -0.0861. The smallest absolute Gasteiger partial charge is 0.199 e. The van der Waals surface area contributed by atoms with Gasteiger partial charge in [-0.1, -0.05) is 56.9 Å². The summed E-state index contributed by atoms with van der Waals surface area (Å²) in [6.45, 7) is 4.60. The second-order valence-corrected chi connectivity index (χ2v) is 5.46. The Labute approximate surface area is 122 Å². The van der Waals surface area contributed by atoms with E-state index in [1.54, 1.807) is 0 Å². The van der Waals surface area contributed by atoms with Crippen LogP contribution in [0.2, 0.25) is 0 Å². The molecule has 1 saturated heterocycles. The van der Waals surface area contributed by atoms with E-state index in [9.17, 15) is 0 Å². The first-order valence-corrected chi connectivity index (χ1v) is 7.89. The molecule has 0 saturated carbocycles. The third kappa shape index (κ3) is 5.38. The number of ether oxygens (including phenoxy) is 2. The zero-order valence-electron chi connectivity index (χ0n) is 12.4. The monoisotopic (exact) mass is 274 g/mol. The molecule has 1 fully saturated rings. The van der Waals surface area contributed by atoms with Crippen LogP contribution in [0.15, 0.2) is 30.8 Å². The molecule has 1 aromatic carbocycles. The first-order valence-electron chi connectivity index (χ1n) is 7.89. The van der Waals surface area contributed by atoms with Gasteiger partial charge in [-0.25, -0.2) is 0 Å². The van der Waals surface area contributed by atoms with Crippen molar-refractivity contribution >= 4 is 6.08 Å². The summed E-state index contributed by atoms with van der Waals surface area (Å²) in [7, 11) is 0. The van der Waals surface area contributed by atoms with E-state index in [2.05, 4.69) is 6.58 Å². The third-order valence-corrected chi connectivity index (χ3v) is 3.75. The zero-order valence-corrected chi connectivity index (χ0v) is 12.4. The molecule has 0 bridgehead atoms. The molecule has 20 heavy (non-hydrogen) atoms. The summed E-state index contributed by atoms with van der Waals surface area (Å²) in [6.07, 6.45) is 11.7. The minimum absolute atomic E-state index is 0.104. The Kier molecular flexibility index (Phi) is 6.65. The topological polar surface area (TPSA) is 18.5 Å². The molecule has 0 aliphatic carbocycles. The maximum Gasteiger partial charge on any atom is 0.199 e.